The molecule has 2 fully saturated rings. The van der Waals surface area contributed by atoms with Crippen LogP contribution in [-0.2, 0) is 9.59 Å². The third-order valence-electron chi connectivity index (χ3n) is 3.70. The highest BCUT2D eigenvalue weighted by Gasteiger charge is 2.31. The van der Waals surface area contributed by atoms with Gasteiger partial charge in [0.1, 0.15) is 0 Å². The van der Waals surface area contributed by atoms with Gasteiger partial charge in [-0.1, -0.05) is 13.3 Å². The molecule has 0 aromatic rings. The molecule has 4 nitrogen and oxygen atoms in total. The van der Waals surface area contributed by atoms with Crippen molar-refractivity contribution in [1.29, 1.82) is 0 Å². The lowest BCUT2D eigenvalue weighted by atomic mass is 9.84. The molecule has 1 aliphatic carbocycles. The van der Waals surface area contributed by atoms with E-state index in [2.05, 4.69) is 0 Å². The molecule has 16 heavy (non-hydrogen) atoms. The zero-order valence-corrected chi connectivity index (χ0v) is 9.95. The highest BCUT2D eigenvalue weighted by molar-refractivity contribution is 5.80. The van der Waals surface area contributed by atoms with E-state index < -0.39 is 0 Å². The molecule has 2 aliphatic rings. The molecular formula is C12H20N2O2. The standard InChI is InChI=1S/C12H20N2O2/c1-2-11(15)13-6-8-14(9-7-13)12(16)10-4-3-5-10/h10H,2-9H2,1H3. The van der Waals surface area contributed by atoms with Crippen LogP contribution in [0.5, 0.6) is 0 Å². The van der Waals surface area contributed by atoms with Crippen LogP contribution in [0.4, 0.5) is 0 Å². The van der Waals surface area contributed by atoms with Crippen LogP contribution in [0.3, 0.4) is 0 Å². The minimum Gasteiger partial charge on any atom is -0.339 e. The van der Waals surface area contributed by atoms with E-state index in [4.69, 9.17) is 0 Å². The fourth-order valence-electron chi connectivity index (χ4n) is 2.31. The van der Waals surface area contributed by atoms with E-state index in [-0.39, 0.29) is 11.8 Å². The van der Waals surface area contributed by atoms with Crippen LogP contribution < -0.4 is 0 Å². The van der Waals surface area contributed by atoms with Gasteiger partial charge in [-0.3, -0.25) is 9.59 Å². The van der Waals surface area contributed by atoms with E-state index >= 15 is 0 Å². The zero-order valence-electron chi connectivity index (χ0n) is 9.95. The summed E-state index contributed by atoms with van der Waals surface area (Å²) in [6.07, 6.45) is 3.89. The van der Waals surface area contributed by atoms with Gasteiger partial charge < -0.3 is 9.80 Å². The van der Waals surface area contributed by atoms with Gasteiger partial charge in [-0.05, 0) is 12.8 Å². The first-order chi connectivity index (χ1) is 7.72. The predicted octanol–water partition coefficient (Wildman–Crippen LogP) is 0.867. The molecule has 0 aromatic carbocycles. The van der Waals surface area contributed by atoms with Crippen molar-refractivity contribution in [3.8, 4) is 0 Å². The van der Waals surface area contributed by atoms with Crippen molar-refractivity contribution >= 4 is 11.8 Å². The number of carbonyl (C=O) groups is 2. The fourth-order valence-corrected chi connectivity index (χ4v) is 2.31. The van der Waals surface area contributed by atoms with Gasteiger partial charge in [0.2, 0.25) is 11.8 Å². The SMILES string of the molecule is CCC(=O)N1CCN(C(=O)C2CCC2)CC1. The number of hydrogen-bond acceptors (Lipinski definition) is 2. The molecule has 0 N–H and O–H groups in total. The highest BCUT2D eigenvalue weighted by Crippen LogP contribution is 2.28. The van der Waals surface area contributed by atoms with Crippen LogP contribution in [0, 0.1) is 5.92 Å². The van der Waals surface area contributed by atoms with E-state index in [0.29, 0.717) is 25.4 Å². The Labute approximate surface area is 96.6 Å². The lowest BCUT2D eigenvalue weighted by Gasteiger charge is -2.38. The fraction of sp³-hybridized carbons (Fsp3) is 0.833. The topological polar surface area (TPSA) is 40.6 Å². The van der Waals surface area contributed by atoms with Crippen LogP contribution in [0.1, 0.15) is 32.6 Å². The molecule has 1 saturated carbocycles. The third-order valence-corrected chi connectivity index (χ3v) is 3.70. The van der Waals surface area contributed by atoms with E-state index in [9.17, 15) is 9.59 Å². The molecule has 1 heterocycles. The quantitative estimate of drug-likeness (QED) is 0.698. The first-order valence-electron chi connectivity index (χ1n) is 6.29. The summed E-state index contributed by atoms with van der Waals surface area (Å²) in [5.74, 6) is 0.805. The van der Waals surface area contributed by atoms with Gasteiger partial charge in [0.25, 0.3) is 0 Å². The van der Waals surface area contributed by atoms with Gasteiger partial charge in [-0.25, -0.2) is 0 Å². The molecule has 2 amide bonds. The molecule has 0 atom stereocenters. The molecule has 0 aromatic heterocycles. The number of nitrogens with zero attached hydrogens (tertiary/aromatic N) is 2. The van der Waals surface area contributed by atoms with E-state index in [1.165, 1.54) is 6.42 Å². The normalized spacial score (nSPS) is 21.8. The van der Waals surface area contributed by atoms with Crippen LogP contribution >= 0.6 is 0 Å². The minimum absolute atomic E-state index is 0.204. The summed E-state index contributed by atoms with van der Waals surface area (Å²) in [5, 5.41) is 0. The van der Waals surface area contributed by atoms with Gasteiger partial charge in [-0.2, -0.15) is 0 Å². The Bertz CT molecular complexity index is 279. The maximum Gasteiger partial charge on any atom is 0.225 e. The first-order valence-corrected chi connectivity index (χ1v) is 6.29. The van der Waals surface area contributed by atoms with Gasteiger partial charge in [0.05, 0.1) is 0 Å². The van der Waals surface area contributed by atoms with Crippen LogP contribution in [0.2, 0.25) is 0 Å². The lowest BCUT2D eigenvalue weighted by Crippen LogP contribution is -2.52. The van der Waals surface area contributed by atoms with Gasteiger partial charge in [0.15, 0.2) is 0 Å². The van der Waals surface area contributed by atoms with E-state index in [1.54, 1.807) is 0 Å². The third kappa shape index (κ3) is 2.20. The Morgan fingerprint density at radius 2 is 1.62 bits per heavy atom. The van der Waals surface area contributed by atoms with Gasteiger partial charge in [-0.15, -0.1) is 0 Å². The molecule has 1 aliphatic heterocycles. The second kappa shape index (κ2) is 4.85. The molecule has 2 rings (SSSR count). The van der Waals surface area contributed by atoms with Crippen molar-refractivity contribution in [3.05, 3.63) is 0 Å². The maximum absolute atomic E-state index is 11.9. The second-order valence-electron chi connectivity index (χ2n) is 4.69. The maximum atomic E-state index is 11.9. The summed E-state index contributed by atoms with van der Waals surface area (Å²) in [6.45, 7) is 4.76. The smallest absolute Gasteiger partial charge is 0.225 e. The number of rotatable bonds is 2. The Kier molecular flexibility index (Phi) is 3.46. The zero-order chi connectivity index (χ0) is 11.5. The number of piperazine rings is 1. The van der Waals surface area contributed by atoms with Crippen LogP contribution in [0.25, 0.3) is 0 Å². The molecule has 0 radical (unpaired) electrons. The first kappa shape index (κ1) is 11.4. The molecule has 4 heteroatoms. The Hall–Kier alpha value is -1.06. The largest absolute Gasteiger partial charge is 0.339 e. The summed E-state index contributed by atoms with van der Waals surface area (Å²) in [6, 6.07) is 0. The van der Waals surface area contributed by atoms with E-state index in [1.807, 2.05) is 16.7 Å². The average molecular weight is 224 g/mol. The molecule has 1 saturated heterocycles. The number of carbonyl (C=O) groups excluding carboxylic acids is 2. The van der Waals surface area contributed by atoms with Crippen molar-refractivity contribution in [2.45, 2.75) is 32.6 Å². The summed E-state index contributed by atoms with van der Waals surface area (Å²) in [7, 11) is 0. The summed E-state index contributed by atoms with van der Waals surface area (Å²) >= 11 is 0. The Morgan fingerprint density at radius 1 is 1.06 bits per heavy atom. The summed E-state index contributed by atoms with van der Waals surface area (Å²) in [4.78, 5) is 27.2. The van der Waals surface area contributed by atoms with Crippen molar-refractivity contribution in [2.75, 3.05) is 26.2 Å². The molecule has 0 spiro atoms. The molecule has 0 bridgehead atoms. The van der Waals surface area contributed by atoms with E-state index in [0.717, 1.165) is 25.9 Å². The Balaban J connectivity index is 1.80. The van der Waals surface area contributed by atoms with Crippen molar-refractivity contribution in [2.24, 2.45) is 5.92 Å². The van der Waals surface area contributed by atoms with Gasteiger partial charge >= 0.3 is 0 Å². The monoisotopic (exact) mass is 224 g/mol. The van der Waals surface area contributed by atoms with Crippen molar-refractivity contribution in [1.82, 2.24) is 9.80 Å². The minimum atomic E-state index is 0.204. The second-order valence-corrected chi connectivity index (χ2v) is 4.69. The number of amides is 2. The molecular weight excluding hydrogens is 204 g/mol. The predicted molar refractivity (Wildman–Crippen MR) is 60.8 cm³/mol. The van der Waals surface area contributed by atoms with Gasteiger partial charge in [0, 0.05) is 38.5 Å². The van der Waals surface area contributed by atoms with Crippen molar-refractivity contribution in [3.63, 3.8) is 0 Å². The number of hydrogen-bond donors (Lipinski definition) is 0. The average Bonchev–Trinajstić information content (AvgIpc) is 2.26. The van der Waals surface area contributed by atoms with Crippen LogP contribution in [-0.4, -0.2) is 47.8 Å². The highest BCUT2D eigenvalue weighted by atomic mass is 16.2. The summed E-state index contributed by atoms with van der Waals surface area (Å²) < 4.78 is 0. The van der Waals surface area contributed by atoms with Crippen molar-refractivity contribution < 1.29 is 9.59 Å². The molecule has 0 unspecified atom stereocenters. The lowest BCUT2D eigenvalue weighted by molar-refractivity contribution is -0.143. The summed E-state index contributed by atoms with van der Waals surface area (Å²) in [5.41, 5.74) is 0. The van der Waals surface area contributed by atoms with Crippen LogP contribution in [0.15, 0.2) is 0 Å². The molecule has 90 valence electrons. The Morgan fingerprint density at radius 3 is 2.06 bits per heavy atom.